The maximum atomic E-state index is 8.54. The largest absolute Gasteiger partial charge is 0.388 e. The molecule has 12 nitrogen and oxygen atoms in total. The highest BCUT2D eigenvalue weighted by atomic mass is 16.3. The second-order valence-electron chi connectivity index (χ2n) is 3.44. The first kappa shape index (κ1) is 15.8. The topological polar surface area (TPSA) is 194 Å². The molecule has 0 aliphatic rings. The van der Waals surface area contributed by atoms with Gasteiger partial charge in [-0.05, 0) is 0 Å². The molecule has 20 heavy (non-hydrogen) atoms. The Morgan fingerprint density at radius 2 is 0.800 bits per heavy atom. The number of aliphatic hydroxyl groups excluding tert-OH is 4. The van der Waals surface area contributed by atoms with E-state index in [4.69, 9.17) is 32.1 Å². The van der Waals surface area contributed by atoms with E-state index in [1.54, 1.807) is 0 Å². The Hall–Kier alpha value is -2.28. The van der Waals surface area contributed by atoms with Gasteiger partial charge >= 0.3 is 0 Å². The lowest BCUT2D eigenvalue weighted by Gasteiger charge is -1.96. The molecule has 0 aliphatic heterocycles. The summed E-state index contributed by atoms with van der Waals surface area (Å²) in [5, 5.41) is 48.1. The van der Waals surface area contributed by atoms with Crippen LogP contribution >= 0.6 is 0 Å². The standard InChI is InChI=1S/2C4H8N4O2/c2*5-8-3(1-9)6-7-4(8)2-10/h2*9-10H,1-2,5H2. The minimum atomic E-state index is -0.274. The zero-order valence-electron chi connectivity index (χ0n) is 10.5. The van der Waals surface area contributed by atoms with Gasteiger partial charge in [0.2, 0.25) is 0 Å². The zero-order valence-corrected chi connectivity index (χ0v) is 10.5. The van der Waals surface area contributed by atoms with Crippen molar-refractivity contribution in [3.8, 4) is 0 Å². The molecule has 0 amide bonds. The van der Waals surface area contributed by atoms with Crippen LogP contribution in [0, 0.1) is 0 Å². The van der Waals surface area contributed by atoms with E-state index in [-0.39, 0.29) is 49.7 Å². The van der Waals surface area contributed by atoms with Gasteiger partial charge in [0.25, 0.3) is 0 Å². The predicted octanol–water partition coefficient (Wildman–Crippen LogP) is -4.05. The van der Waals surface area contributed by atoms with E-state index in [2.05, 4.69) is 20.4 Å². The number of nitrogen functional groups attached to an aromatic ring is 2. The second-order valence-corrected chi connectivity index (χ2v) is 3.44. The van der Waals surface area contributed by atoms with E-state index in [0.29, 0.717) is 0 Å². The van der Waals surface area contributed by atoms with E-state index in [0.717, 1.165) is 9.35 Å². The molecule has 0 atom stereocenters. The lowest BCUT2D eigenvalue weighted by atomic mass is 10.6. The summed E-state index contributed by atoms with van der Waals surface area (Å²) >= 11 is 0. The molecule has 12 heteroatoms. The Labute approximate surface area is 112 Å². The SMILES string of the molecule is Nn1c(CO)nnc1CO.Nn1c(CO)nnc1CO. The van der Waals surface area contributed by atoms with Gasteiger partial charge in [0, 0.05) is 0 Å². The van der Waals surface area contributed by atoms with Crippen molar-refractivity contribution >= 4 is 0 Å². The molecule has 0 aliphatic carbocycles. The quantitative estimate of drug-likeness (QED) is 0.301. The minimum absolute atomic E-state index is 0.240. The van der Waals surface area contributed by atoms with Gasteiger partial charge in [0.1, 0.15) is 26.4 Å². The van der Waals surface area contributed by atoms with Gasteiger partial charge in [0.05, 0.1) is 0 Å². The average Bonchev–Trinajstić information content (AvgIpc) is 3.01. The summed E-state index contributed by atoms with van der Waals surface area (Å²) < 4.78 is 2.11. The van der Waals surface area contributed by atoms with E-state index in [1.165, 1.54) is 0 Å². The number of nitrogens with zero attached hydrogens (tertiary/aromatic N) is 6. The molecule has 0 saturated heterocycles. The van der Waals surface area contributed by atoms with Crippen molar-refractivity contribution < 1.29 is 20.4 Å². The average molecular weight is 288 g/mol. The summed E-state index contributed by atoms with van der Waals surface area (Å²) in [7, 11) is 0. The minimum Gasteiger partial charge on any atom is -0.388 e. The van der Waals surface area contributed by atoms with Crippen LogP contribution in [-0.4, -0.2) is 50.2 Å². The van der Waals surface area contributed by atoms with Crippen molar-refractivity contribution in [3.63, 3.8) is 0 Å². The van der Waals surface area contributed by atoms with Crippen molar-refractivity contribution in [1.29, 1.82) is 0 Å². The van der Waals surface area contributed by atoms with Crippen molar-refractivity contribution in [1.82, 2.24) is 29.7 Å². The van der Waals surface area contributed by atoms with Gasteiger partial charge in [0.15, 0.2) is 23.3 Å². The Balaban J connectivity index is 0.000000200. The molecule has 0 aromatic carbocycles. The van der Waals surface area contributed by atoms with Crippen LogP contribution in [0.1, 0.15) is 23.3 Å². The summed E-state index contributed by atoms with van der Waals surface area (Å²) in [4.78, 5) is 0. The fraction of sp³-hybridized carbons (Fsp3) is 0.500. The molecule has 0 radical (unpaired) electrons. The third-order valence-corrected chi connectivity index (χ3v) is 2.24. The number of hydrogen-bond acceptors (Lipinski definition) is 10. The van der Waals surface area contributed by atoms with Crippen LogP contribution in [0.3, 0.4) is 0 Å². The molecule has 0 saturated carbocycles. The Kier molecular flexibility index (Phi) is 5.79. The van der Waals surface area contributed by atoms with Gasteiger partial charge < -0.3 is 32.1 Å². The molecule has 8 N–H and O–H groups in total. The second kappa shape index (κ2) is 7.34. The number of rotatable bonds is 4. The molecule has 0 unspecified atom stereocenters. The highest BCUT2D eigenvalue weighted by Crippen LogP contribution is 1.95. The maximum absolute atomic E-state index is 8.54. The molecular formula is C8H16N8O4. The fourth-order valence-corrected chi connectivity index (χ4v) is 1.15. The van der Waals surface area contributed by atoms with Gasteiger partial charge in [-0.15, -0.1) is 20.4 Å². The monoisotopic (exact) mass is 288 g/mol. The van der Waals surface area contributed by atoms with Gasteiger partial charge in [-0.2, -0.15) is 0 Å². The van der Waals surface area contributed by atoms with Crippen LogP contribution in [0.2, 0.25) is 0 Å². The molecule has 2 aromatic rings. The van der Waals surface area contributed by atoms with E-state index in [1.807, 2.05) is 0 Å². The predicted molar refractivity (Wildman–Crippen MR) is 64.0 cm³/mol. The first-order chi connectivity index (χ1) is 9.58. The van der Waals surface area contributed by atoms with Crippen LogP contribution < -0.4 is 11.7 Å². The van der Waals surface area contributed by atoms with Crippen molar-refractivity contribution in [2.24, 2.45) is 0 Å². The fourth-order valence-electron chi connectivity index (χ4n) is 1.15. The smallest absolute Gasteiger partial charge is 0.177 e. The number of aromatic nitrogens is 6. The van der Waals surface area contributed by atoms with Crippen molar-refractivity contribution in [3.05, 3.63) is 23.3 Å². The highest BCUT2D eigenvalue weighted by molar-refractivity contribution is 4.93. The molecule has 2 aromatic heterocycles. The third kappa shape index (κ3) is 3.39. The Morgan fingerprint density at radius 1 is 0.600 bits per heavy atom. The van der Waals surface area contributed by atoms with Crippen molar-refractivity contribution in [2.75, 3.05) is 11.7 Å². The number of hydrogen-bond donors (Lipinski definition) is 6. The molecular weight excluding hydrogens is 272 g/mol. The Morgan fingerprint density at radius 3 is 0.900 bits per heavy atom. The highest BCUT2D eigenvalue weighted by Gasteiger charge is 2.06. The summed E-state index contributed by atoms with van der Waals surface area (Å²) in [5.74, 6) is 11.6. The van der Waals surface area contributed by atoms with E-state index in [9.17, 15) is 0 Å². The normalized spacial score (nSPS) is 10.2. The van der Waals surface area contributed by atoms with Gasteiger partial charge in [-0.25, -0.2) is 9.35 Å². The lowest BCUT2D eigenvalue weighted by Crippen LogP contribution is -2.16. The van der Waals surface area contributed by atoms with Crippen LogP contribution in [0.5, 0.6) is 0 Å². The first-order valence-corrected chi connectivity index (χ1v) is 5.38. The van der Waals surface area contributed by atoms with Gasteiger partial charge in [-0.3, -0.25) is 0 Å². The van der Waals surface area contributed by atoms with Crippen LogP contribution in [0.15, 0.2) is 0 Å². The number of aliphatic hydroxyl groups is 4. The lowest BCUT2D eigenvalue weighted by molar-refractivity contribution is 0.258. The number of nitrogens with two attached hydrogens (primary N) is 2. The van der Waals surface area contributed by atoms with E-state index >= 15 is 0 Å². The van der Waals surface area contributed by atoms with Gasteiger partial charge in [-0.1, -0.05) is 0 Å². The summed E-state index contributed by atoms with van der Waals surface area (Å²) in [6, 6.07) is 0. The molecule has 2 rings (SSSR count). The van der Waals surface area contributed by atoms with Crippen LogP contribution in [0.25, 0.3) is 0 Å². The summed E-state index contributed by atoms with van der Waals surface area (Å²) in [5.41, 5.74) is 0. The molecule has 2 heterocycles. The molecule has 0 bridgehead atoms. The van der Waals surface area contributed by atoms with Crippen LogP contribution in [-0.2, 0) is 26.4 Å². The molecule has 112 valence electrons. The van der Waals surface area contributed by atoms with Crippen LogP contribution in [0.4, 0.5) is 0 Å². The van der Waals surface area contributed by atoms with E-state index < -0.39 is 0 Å². The summed E-state index contributed by atoms with van der Waals surface area (Å²) in [6.07, 6.45) is 0. The summed E-state index contributed by atoms with van der Waals surface area (Å²) in [6.45, 7) is -1.10. The zero-order chi connectivity index (χ0) is 15.1. The van der Waals surface area contributed by atoms with Crippen molar-refractivity contribution in [2.45, 2.75) is 26.4 Å². The third-order valence-electron chi connectivity index (χ3n) is 2.24. The molecule has 0 fully saturated rings. The maximum Gasteiger partial charge on any atom is 0.177 e. The molecule has 0 spiro atoms. The Bertz CT molecular complexity index is 447. The first-order valence-electron chi connectivity index (χ1n) is 5.38.